The van der Waals surface area contributed by atoms with Crippen LogP contribution in [-0.4, -0.2) is 6.04 Å². The summed E-state index contributed by atoms with van der Waals surface area (Å²) in [6.07, 6.45) is -0.511. The van der Waals surface area contributed by atoms with Crippen LogP contribution in [0.3, 0.4) is 0 Å². The highest BCUT2D eigenvalue weighted by Gasteiger charge is 2.30. The van der Waals surface area contributed by atoms with Crippen LogP contribution in [0.2, 0.25) is 0 Å². The van der Waals surface area contributed by atoms with Gasteiger partial charge in [0.15, 0.2) is 0 Å². The first-order chi connectivity index (χ1) is 8.47. The smallest absolute Gasteiger partial charge is 0.310 e. The number of hydrogen-bond acceptors (Lipinski definition) is 1. The summed E-state index contributed by atoms with van der Waals surface area (Å²) in [6.45, 7) is 2.61. The Hall–Kier alpha value is -1.03. The van der Waals surface area contributed by atoms with Crippen molar-refractivity contribution in [3.63, 3.8) is 0 Å². The first-order valence-electron chi connectivity index (χ1n) is 6.36. The largest absolute Gasteiger partial charge is 0.416 e. The first kappa shape index (κ1) is 13.4. The Morgan fingerprint density at radius 2 is 2.06 bits per heavy atom. The molecule has 0 aromatic heterocycles. The average molecular weight is 257 g/mol. The van der Waals surface area contributed by atoms with Crippen molar-refractivity contribution >= 4 is 0 Å². The maximum absolute atomic E-state index is 12.5. The lowest BCUT2D eigenvalue weighted by Crippen LogP contribution is -2.36. The zero-order valence-electron chi connectivity index (χ0n) is 10.4. The molecule has 1 atom stereocenters. The van der Waals surface area contributed by atoms with Gasteiger partial charge in [-0.2, -0.15) is 13.2 Å². The van der Waals surface area contributed by atoms with E-state index in [1.165, 1.54) is 31.4 Å². The maximum atomic E-state index is 12.5. The number of hydrogen-bond donors (Lipinski definition) is 1. The lowest BCUT2D eigenvalue weighted by molar-refractivity contribution is -0.137. The average Bonchev–Trinajstić information content (AvgIpc) is 2.23. The van der Waals surface area contributed by atoms with E-state index < -0.39 is 11.7 Å². The van der Waals surface area contributed by atoms with E-state index in [2.05, 4.69) is 12.2 Å². The summed E-state index contributed by atoms with van der Waals surface area (Å²) in [5.74, 6) is 0.691. The summed E-state index contributed by atoms with van der Waals surface area (Å²) in [5, 5.41) is 3.31. The fourth-order valence-electron chi connectivity index (χ4n) is 2.24. The molecular formula is C14H18F3N. The third-order valence-electron chi connectivity index (χ3n) is 3.74. The third kappa shape index (κ3) is 3.25. The molecule has 0 radical (unpaired) electrons. The summed E-state index contributed by atoms with van der Waals surface area (Å²) in [6, 6.07) is 5.91. The fraction of sp³-hybridized carbons (Fsp3) is 0.571. The minimum absolute atomic E-state index is 0.383. The monoisotopic (exact) mass is 257 g/mol. The predicted octanol–water partition coefficient (Wildman–Crippen LogP) is 3.98. The van der Waals surface area contributed by atoms with Gasteiger partial charge in [-0.05, 0) is 37.3 Å². The molecule has 18 heavy (non-hydrogen) atoms. The van der Waals surface area contributed by atoms with Crippen molar-refractivity contribution in [1.82, 2.24) is 5.32 Å². The number of alkyl halides is 3. The van der Waals surface area contributed by atoms with Gasteiger partial charge in [-0.1, -0.05) is 24.6 Å². The molecule has 1 aromatic carbocycles. The summed E-state index contributed by atoms with van der Waals surface area (Å²) in [7, 11) is 0. The number of halogens is 3. The minimum Gasteiger partial charge on any atom is -0.310 e. The molecule has 1 saturated carbocycles. The molecule has 1 aliphatic rings. The highest BCUT2D eigenvalue weighted by Crippen LogP contribution is 2.30. The fourth-order valence-corrected chi connectivity index (χ4v) is 2.24. The SMILES string of the molecule is CC(NCc1cccc(C(F)(F)F)c1)C1CCC1. The topological polar surface area (TPSA) is 12.0 Å². The van der Waals surface area contributed by atoms with Gasteiger partial charge in [-0.15, -0.1) is 0 Å². The van der Waals surface area contributed by atoms with E-state index in [-0.39, 0.29) is 0 Å². The second-order valence-corrected chi connectivity index (χ2v) is 5.06. The highest BCUT2D eigenvalue weighted by atomic mass is 19.4. The first-order valence-corrected chi connectivity index (χ1v) is 6.36. The van der Waals surface area contributed by atoms with Crippen LogP contribution in [0, 0.1) is 5.92 Å². The predicted molar refractivity (Wildman–Crippen MR) is 65.1 cm³/mol. The molecular weight excluding hydrogens is 239 g/mol. The van der Waals surface area contributed by atoms with Gasteiger partial charge in [0, 0.05) is 12.6 Å². The molecule has 0 spiro atoms. The van der Waals surface area contributed by atoms with Crippen molar-refractivity contribution < 1.29 is 13.2 Å². The van der Waals surface area contributed by atoms with Crippen LogP contribution in [0.15, 0.2) is 24.3 Å². The molecule has 100 valence electrons. The summed E-state index contributed by atoms with van der Waals surface area (Å²) in [4.78, 5) is 0. The molecule has 1 unspecified atom stereocenters. The second-order valence-electron chi connectivity index (χ2n) is 5.06. The molecule has 1 N–H and O–H groups in total. The summed E-state index contributed by atoms with van der Waals surface area (Å²) in [5.41, 5.74) is 0.120. The van der Waals surface area contributed by atoms with E-state index in [1.807, 2.05) is 0 Å². The van der Waals surface area contributed by atoms with Gasteiger partial charge in [0.05, 0.1) is 5.56 Å². The van der Waals surface area contributed by atoms with Crippen molar-refractivity contribution in [2.24, 2.45) is 5.92 Å². The standard InChI is InChI=1S/C14H18F3N/c1-10(12-5-3-6-12)18-9-11-4-2-7-13(8-11)14(15,16)17/h2,4,7-8,10,12,18H,3,5-6,9H2,1H3. The molecule has 0 heterocycles. The van der Waals surface area contributed by atoms with Crippen LogP contribution in [0.4, 0.5) is 13.2 Å². The Bertz CT molecular complexity index is 396. The molecule has 0 aliphatic heterocycles. The maximum Gasteiger partial charge on any atom is 0.416 e. The second kappa shape index (κ2) is 5.31. The van der Waals surface area contributed by atoms with E-state index in [0.717, 1.165) is 6.07 Å². The van der Waals surface area contributed by atoms with Crippen LogP contribution in [0.1, 0.15) is 37.3 Å². The quantitative estimate of drug-likeness (QED) is 0.860. The Labute approximate surface area is 105 Å². The molecule has 1 aliphatic carbocycles. The zero-order valence-corrected chi connectivity index (χ0v) is 10.4. The Balaban J connectivity index is 1.92. The van der Waals surface area contributed by atoms with Crippen molar-refractivity contribution in [2.75, 3.05) is 0 Å². The van der Waals surface area contributed by atoms with Crippen LogP contribution < -0.4 is 5.32 Å². The van der Waals surface area contributed by atoms with Gasteiger partial charge in [0.2, 0.25) is 0 Å². The van der Waals surface area contributed by atoms with Gasteiger partial charge in [-0.25, -0.2) is 0 Å². The number of rotatable bonds is 4. The molecule has 0 amide bonds. The van der Waals surface area contributed by atoms with Gasteiger partial charge in [-0.3, -0.25) is 0 Å². The third-order valence-corrected chi connectivity index (χ3v) is 3.74. The lowest BCUT2D eigenvalue weighted by Gasteiger charge is -2.32. The normalized spacial score (nSPS) is 18.4. The lowest BCUT2D eigenvalue weighted by atomic mass is 9.80. The Kier molecular flexibility index (Phi) is 3.95. The van der Waals surface area contributed by atoms with E-state index in [1.54, 1.807) is 6.07 Å². The minimum atomic E-state index is -4.25. The van der Waals surface area contributed by atoms with Crippen molar-refractivity contribution in [2.45, 2.75) is 44.9 Å². The number of nitrogens with one attached hydrogen (secondary N) is 1. The zero-order chi connectivity index (χ0) is 13.2. The van der Waals surface area contributed by atoms with Gasteiger partial charge >= 0.3 is 6.18 Å². The summed E-state index contributed by atoms with van der Waals surface area (Å²) >= 11 is 0. The van der Waals surface area contributed by atoms with E-state index in [4.69, 9.17) is 0 Å². The van der Waals surface area contributed by atoms with Crippen molar-refractivity contribution in [3.8, 4) is 0 Å². The summed E-state index contributed by atoms with van der Waals surface area (Å²) < 4.78 is 37.6. The van der Waals surface area contributed by atoms with E-state index in [0.29, 0.717) is 24.1 Å². The Morgan fingerprint density at radius 1 is 1.33 bits per heavy atom. The van der Waals surface area contributed by atoms with Gasteiger partial charge in [0.25, 0.3) is 0 Å². The highest BCUT2D eigenvalue weighted by molar-refractivity contribution is 5.25. The molecule has 2 rings (SSSR count). The molecule has 1 fully saturated rings. The molecule has 4 heteroatoms. The van der Waals surface area contributed by atoms with Crippen LogP contribution in [0.25, 0.3) is 0 Å². The van der Waals surface area contributed by atoms with E-state index in [9.17, 15) is 13.2 Å². The van der Waals surface area contributed by atoms with Gasteiger partial charge < -0.3 is 5.32 Å². The van der Waals surface area contributed by atoms with E-state index >= 15 is 0 Å². The van der Waals surface area contributed by atoms with Gasteiger partial charge in [0.1, 0.15) is 0 Å². The molecule has 0 saturated heterocycles. The molecule has 1 aromatic rings. The van der Waals surface area contributed by atoms with Crippen LogP contribution >= 0.6 is 0 Å². The van der Waals surface area contributed by atoms with Crippen molar-refractivity contribution in [3.05, 3.63) is 35.4 Å². The van der Waals surface area contributed by atoms with Crippen molar-refractivity contribution in [1.29, 1.82) is 0 Å². The molecule has 0 bridgehead atoms. The Morgan fingerprint density at radius 3 is 2.61 bits per heavy atom. The van der Waals surface area contributed by atoms with Crippen LogP contribution in [0.5, 0.6) is 0 Å². The van der Waals surface area contributed by atoms with Crippen LogP contribution in [-0.2, 0) is 12.7 Å². The molecule has 1 nitrogen and oxygen atoms in total. The number of benzene rings is 1.